The summed E-state index contributed by atoms with van der Waals surface area (Å²) in [5.74, 6) is 0. The van der Waals surface area contributed by atoms with Gasteiger partial charge >= 0.3 is 8.56 Å². The Balaban J connectivity index is 2.13. The van der Waals surface area contributed by atoms with E-state index in [1.54, 1.807) is 0 Å². The number of hydrogen-bond donors (Lipinski definition) is 1. The van der Waals surface area contributed by atoms with E-state index in [9.17, 15) is 0 Å². The van der Waals surface area contributed by atoms with Gasteiger partial charge in [-0.2, -0.15) is 0 Å². The van der Waals surface area contributed by atoms with Crippen LogP contribution in [-0.4, -0.2) is 34.4 Å². The maximum absolute atomic E-state index is 5.85. The monoisotopic (exact) mass is 273 g/mol. The number of hydrogen-bond acceptors (Lipinski definition) is 3. The van der Waals surface area contributed by atoms with Gasteiger partial charge in [0, 0.05) is 19.3 Å². The fourth-order valence-electron chi connectivity index (χ4n) is 2.82. The Hall–Kier alpha value is 0.0969. The summed E-state index contributed by atoms with van der Waals surface area (Å²) < 4.78 is 11.7. The lowest BCUT2D eigenvalue weighted by molar-refractivity contribution is 0.188. The van der Waals surface area contributed by atoms with E-state index in [4.69, 9.17) is 8.85 Å². The Bertz CT molecular complexity index is 202. The third-order valence-corrected chi connectivity index (χ3v) is 6.81. The highest BCUT2D eigenvalue weighted by Gasteiger charge is 2.29. The first-order valence-corrected chi connectivity index (χ1v) is 10.2. The zero-order valence-corrected chi connectivity index (χ0v) is 13.5. The van der Waals surface area contributed by atoms with Gasteiger partial charge in [0.1, 0.15) is 0 Å². The van der Waals surface area contributed by atoms with Crippen LogP contribution in [0.5, 0.6) is 0 Å². The lowest BCUT2D eigenvalue weighted by Gasteiger charge is -2.27. The van der Waals surface area contributed by atoms with Gasteiger partial charge in [-0.15, -0.1) is 0 Å². The van der Waals surface area contributed by atoms with Crippen LogP contribution < -0.4 is 5.32 Å². The largest absolute Gasteiger partial charge is 0.395 e. The Labute approximate surface area is 114 Å². The zero-order valence-electron chi connectivity index (χ0n) is 12.5. The summed E-state index contributed by atoms with van der Waals surface area (Å²) in [5, 5.41) is 3.69. The summed E-state index contributed by atoms with van der Waals surface area (Å²) in [5.41, 5.74) is 0. The fourth-order valence-corrected chi connectivity index (χ4v) is 5.23. The lowest BCUT2D eigenvalue weighted by Crippen LogP contribution is -2.40. The van der Waals surface area contributed by atoms with Gasteiger partial charge in [0.2, 0.25) is 0 Å². The van der Waals surface area contributed by atoms with Gasteiger partial charge in [-0.25, -0.2) is 0 Å². The molecule has 0 aromatic carbocycles. The highest BCUT2D eigenvalue weighted by Crippen LogP contribution is 2.18. The smallest absolute Gasteiger partial charge is 0.334 e. The molecule has 3 nitrogen and oxygen atoms in total. The van der Waals surface area contributed by atoms with E-state index in [1.165, 1.54) is 38.5 Å². The van der Waals surface area contributed by atoms with Crippen LogP contribution in [0.3, 0.4) is 0 Å². The average Bonchev–Trinajstić information content (AvgIpc) is 2.37. The van der Waals surface area contributed by atoms with Crippen molar-refractivity contribution in [1.82, 2.24) is 5.32 Å². The second-order valence-corrected chi connectivity index (χ2v) is 8.74. The van der Waals surface area contributed by atoms with E-state index < -0.39 is 8.56 Å². The van der Waals surface area contributed by atoms with Gasteiger partial charge in [0.25, 0.3) is 0 Å². The van der Waals surface area contributed by atoms with Crippen molar-refractivity contribution < 1.29 is 8.85 Å². The third-order valence-electron chi connectivity index (χ3n) is 3.75. The van der Waals surface area contributed by atoms with Crippen molar-refractivity contribution in [2.24, 2.45) is 0 Å². The second kappa shape index (κ2) is 9.07. The molecule has 0 unspecified atom stereocenters. The zero-order chi connectivity index (χ0) is 13.3. The van der Waals surface area contributed by atoms with Gasteiger partial charge in [-0.1, -0.05) is 19.3 Å². The molecule has 0 bridgehead atoms. The van der Waals surface area contributed by atoms with Crippen molar-refractivity contribution in [3.8, 4) is 0 Å². The van der Waals surface area contributed by atoms with Crippen LogP contribution in [0.4, 0.5) is 0 Å². The Morgan fingerprint density at radius 2 is 1.67 bits per heavy atom. The molecule has 0 heterocycles. The van der Waals surface area contributed by atoms with Crippen molar-refractivity contribution >= 4 is 8.56 Å². The number of nitrogens with one attached hydrogen (secondary N) is 1. The maximum Gasteiger partial charge on any atom is 0.334 e. The minimum Gasteiger partial charge on any atom is -0.395 e. The summed E-state index contributed by atoms with van der Waals surface area (Å²) in [4.78, 5) is 0. The third kappa shape index (κ3) is 6.32. The van der Waals surface area contributed by atoms with E-state index in [0.29, 0.717) is 0 Å². The van der Waals surface area contributed by atoms with Crippen LogP contribution in [0.25, 0.3) is 0 Å². The Morgan fingerprint density at radius 1 is 1.06 bits per heavy atom. The molecule has 1 aliphatic rings. The topological polar surface area (TPSA) is 30.5 Å². The molecule has 0 amide bonds. The van der Waals surface area contributed by atoms with E-state index in [1.807, 2.05) is 0 Å². The molecule has 108 valence electrons. The normalized spacial score (nSPS) is 18.2. The minimum atomic E-state index is -1.88. The summed E-state index contributed by atoms with van der Waals surface area (Å²) in [6, 6.07) is 1.87. The average molecular weight is 273 g/mol. The van der Waals surface area contributed by atoms with Crippen LogP contribution in [0, 0.1) is 0 Å². The van der Waals surface area contributed by atoms with Gasteiger partial charge in [-0.05, 0) is 52.2 Å². The predicted octanol–water partition coefficient (Wildman–Crippen LogP) is 3.44. The quantitative estimate of drug-likeness (QED) is 0.515. The molecule has 0 spiro atoms. The van der Waals surface area contributed by atoms with Gasteiger partial charge in [0.05, 0.1) is 0 Å². The molecule has 1 saturated carbocycles. The van der Waals surface area contributed by atoms with E-state index in [2.05, 4.69) is 25.7 Å². The van der Waals surface area contributed by atoms with Crippen LogP contribution >= 0.6 is 0 Å². The summed E-state index contributed by atoms with van der Waals surface area (Å²) in [7, 11) is -1.88. The van der Waals surface area contributed by atoms with Crippen LogP contribution in [0.2, 0.25) is 12.6 Å². The molecule has 18 heavy (non-hydrogen) atoms. The van der Waals surface area contributed by atoms with E-state index in [0.717, 1.165) is 31.8 Å². The van der Waals surface area contributed by atoms with Crippen molar-refractivity contribution in [2.75, 3.05) is 19.8 Å². The lowest BCUT2D eigenvalue weighted by atomic mass is 9.95. The molecule has 0 aliphatic heterocycles. The van der Waals surface area contributed by atoms with Crippen molar-refractivity contribution in [3.63, 3.8) is 0 Å². The predicted molar refractivity (Wildman–Crippen MR) is 79.2 cm³/mol. The van der Waals surface area contributed by atoms with Crippen molar-refractivity contribution in [2.45, 2.75) is 71.0 Å². The molecule has 1 rings (SSSR count). The summed E-state index contributed by atoms with van der Waals surface area (Å²) in [6.07, 6.45) is 8.15. The van der Waals surface area contributed by atoms with E-state index in [-0.39, 0.29) is 0 Å². The molecule has 1 aliphatic carbocycles. The Morgan fingerprint density at radius 3 is 2.22 bits per heavy atom. The molecule has 0 atom stereocenters. The van der Waals surface area contributed by atoms with E-state index >= 15 is 0 Å². The first-order valence-electron chi connectivity index (χ1n) is 7.71. The molecule has 4 heteroatoms. The summed E-state index contributed by atoms with van der Waals surface area (Å²) in [6.45, 7) is 8.99. The standard InChI is InChI=1S/C14H31NO2Si/c1-4-16-18(3,17-5-2)13-9-12-15-14-10-7-6-8-11-14/h14-15H,4-13H2,1-3H3. The van der Waals surface area contributed by atoms with Crippen molar-refractivity contribution in [1.29, 1.82) is 0 Å². The molecule has 1 fully saturated rings. The van der Waals surface area contributed by atoms with Crippen LogP contribution in [0.1, 0.15) is 52.4 Å². The van der Waals surface area contributed by atoms with Crippen LogP contribution in [-0.2, 0) is 8.85 Å². The van der Waals surface area contributed by atoms with Crippen LogP contribution in [0.15, 0.2) is 0 Å². The van der Waals surface area contributed by atoms with Gasteiger partial charge in [-0.3, -0.25) is 0 Å². The minimum absolute atomic E-state index is 0.769. The Kier molecular flexibility index (Phi) is 8.14. The molecule has 0 saturated heterocycles. The summed E-state index contributed by atoms with van der Waals surface area (Å²) >= 11 is 0. The van der Waals surface area contributed by atoms with Gasteiger partial charge in [0.15, 0.2) is 0 Å². The SMILES string of the molecule is CCO[Si](C)(CCCNC1CCCCC1)OCC. The molecule has 0 aromatic heterocycles. The first kappa shape index (κ1) is 16.2. The fraction of sp³-hybridized carbons (Fsp3) is 1.00. The molecular weight excluding hydrogens is 242 g/mol. The molecular formula is C14H31NO2Si. The molecule has 0 aromatic rings. The first-order chi connectivity index (χ1) is 8.70. The highest BCUT2D eigenvalue weighted by molar-refractivity contribution is 6.66. The molecule has 0 radical (unpaired) electrons. The second-order valence-electron chi connectivity index (χ2n) is 5.39. The van der Waals surface area contributed by atoms with Crippen molar-refractivity contribution in [3.05, 3.63) is 0 Å². The maximum atomic E-state index is 5.85. The highest BCUT2D eigenvalue weighted by atomic mass is 28.4. The van der Waals surface area contributed by atoms with Gasteiger partial charge < -0.3 is 14.2 Å². The molecule has 1 N–H and O–H groups in total. The number of rotatable bonds is 9.